The first kappa shape index (κ1) is 16.1. The molecule has 3 rings (SSSR count). The third-order valence-corrected chi connectivity index (χ3v) is 4.50. The Morgan fingerprint density at radius 3 is 2.38 bits per heavy atom. The molecule has 1 aliphatic carbocycles. The van der Waals surface area contributed by atoms with Gasteiger partial charge in [0.2, 0.25) is 0 Å². The van der Waals surface area contributed by atoms with E-state index >= 15 is 0 Å². The van der Waals surface area contributed by atoms with Crippen molar-refractivity contribution in [1.29, 1.82) is 0 Å². The second-order valence-electron chi connectivity index (χ2n) is 5.61. The van der Waals surface area contributed by atoms with Crippen molar-refractivity contribution in [1.82, 2.24) is 0 Å². The number of nitrogens with two attached hydrogens (primary N) is 1. The normalized spacial score (nSPS) is 17.7. The summed E-state index contributed by atoms with van der Waals surface area (Å²) in [5.41, 5.74) is 7.32. The van der Waals surface area contributed by atoms with Gasteiger partial charge in [0.1, 0.15) is 5.75 Å². The molecule has 0 aliphatic heterocycles. The summed E-state index contributed by atoms with van der Waals surface area (Å²) < 4.78 is 5.40. The molecule has 0 heterocycles. The van der Waals surface area contributed by atoms with Crippen molar-refractivity contribution in [3.8, 4) is 5.75 Å². The fourth-order valence-electron chi connectivity index (χ4n) is 3.02. The summed E-state index contributed by atoms with van der Waals surface area (Å²) in [5, 5.41) is 12.5. The first-order valence-electron chi connectivity index (χ1n) is 7.21. The van der Waals surface area contributed by atoms with Crippen LogP contribution < -0.4 is 10.5 Å². The summed E-state index contributed by atoms with van der Waals surface area (Å²) in [5.74, 6) is 1.19. The lowest BCUT2D eigenvalue weighted by atomic mass is 9.77. The topological polar surface area (TPSA) is 55.5 Å². The maximum Gasteiger partial charge on any atom is 0.126 e. The van der Waals surface area contributed by atoms with E-state index in [0.717, 1.165) is 34.9 Å². The Kier molecular flexibility index (Phi) is 5.09. The van der Waals surface area contributed by atoms with Crippen molar-refractivity contribution in [2.75, 3.05) is 7.11 Å². The van der Waals surface area contributed by atoms with Crippen molar-refractivity contribution in [3.05, 3.63) is 42.0 Å². The van der Waals surface area contributed by atoms with Crippen LogP contribution in [0, 0.1) is 5.92 Å². The van der Waals surface area contributed by atoms with Crippen molar-refractivity contribution in [2.45, 2.75) is 31.4 Å². The number of rotatable bonds is 4. The lowest BCUT2D eigenvalue weighted by molar-refractivity contribution is 0.0417. The SMILES string of the molecule is COc1ccc([C@@H](N)[C@@H](O)C2CCC2)c2ccccc12.Cl. The maximum absolute atomic E-state index is 10.4. The molecule has 2 atom stereocenters. The minimum atomic E-state index is -0.458. The van der Waals surface area contributed by atoms with E-state index in [0.29, 0.717) is 5.92 Å². The van der Waals surface area contributed by atoms with Gasteiger partial charge in [0, 0.05) is 5.39 Å². The molecule has 114 valence electrons. The van der Waals surface area contributed by atoms with Gasteiger partial charge in [0.25, 0.3) is 0 Å². The molecule has 0 saturated heterocycles. The molecular formula is C17H22ClNO2. The van der Waals surface area contributed by atoms with Crippen LogP contribution in [-0.4, -0.2) is 18.3 Å². The van der Waals surface area contributed by atoms with E-state index in [1.807, 2.05) is 36.4 Å². The van der Waals surface area contributed by atoms with Crippen molar-refractivity contribution >= 4 is 23.2 Å². The van der Waals surface area contributed by atoms with Crippen LogP contribution in [-0.2, 0) is 0 Å². The average Bonchev–Trinajstić information content (AvgIpc) is 2.43. The van der Waals surface area contributed by atoms with E-state index in [-0.39, 0.29) is 18.4 Å². The minimum absolute atomic E-state index is 0. The summed E-state index contributed by atoms with van der Waals surface area (Å²) in [7, 11) is 1.67. The third-order valence-electron chi connectivity index (χ3n) is 4.50. The zero-order valence-corrected chi connectivity index (χ0v) is 13.0. The molecule has 4 heteroatoms. The average molecular weight is 308 g/mol. The molecule has 2 aromatic carbocycles. The Bertz CT molecular complexity index is 613. The molecule has 0 spiro atoms. The van der Waals surface area contributed by atoms with E-state index in [4.69, 9.17) is 10.5 Å². The van der Waals surface area contributed by atoms with E-state index in [1.165, 1.54) is 6.42 Å². The Morgan fingerprint density at radius 2 is 1.81 bits per heavy atom. The van der Waals surface area contributed by atoms with Gasteiger partial charge >= 0.3 is 0 Å². The van der Waals surface area contributed by atoms with Crippen LogP contribution in [0.1, 0.15) is 30.9 Å². The number of ether oxygens (including phenoxy) is 1. The van der Waals surface area contributed by atoms with E-state index in [1.54, 1.807) is 7.11 Å². The fraction of sp³-hybridized carbons (Fsp3) is 0.412. The summed E-state index contributed by atoms with van der Waals surface area (Å²) in [6, 6.07) is 11.6. The third kappa shape index (κ3) is 2.86. The van der Waals surface area contributed by atoms with Crippen LogP contribution in [0.3, 0.4) is 0 Å². The Morgan fingerprint density at radius 1 is 1.14 bits per heavy atom. The van der Waals surface area contributed by atoms with Gasteiger partial charge in [0.05, 0.1) is 19.3 Å². The van der Waals surface area contributed by atoms with Crippen LogP contribution in [0.4, 0.5) is 0 Å². The highest BCUT2D eigenvalue weighted by Crippen LogP contribution is 2.37. The Hall–Kier alpha value is -1.29. The number of halogens is 1. The second-order valence-corrected chi connectivity index (χ2v) is 5.61. The summed E-state index contributed by atoms with van der Waals surface area (Å²) in [6.45, 7) is 0. The van der Waals surface area contributed by atoms with Crippen LogP contribution in [0.25, 0.3) is 10.8 Å². The number of aliphatic hydroxyl groups is 1. The number of methoxy groups -OCH3 is 1. The van der Waals surface area contributed by atoms with E-state index in [2.05, 4.69) is 0 Å². The highest BCUT2D eigenvalue weighted by Gasteiger charge is 2.31. The largest absolute Gasteiger partial charge is 0.496 e. The molecule has 0 bridgehead atoms. The van der Waals surface area contributed by atoms with Gasteiger partial charge in [0.15, 0.2) is 0 Å². The predicted octanol–water partition coefficient (Wildman–Crippen LogP) is 3.43. The predicted molar refractivity (Wildman–Crippen MR) is 88.0 cm³/mol. The first-order chi connectivity index (χ1) is 9.72. The summed E-state index contributed by atoms with van der Waals surface area (Å²) in [4.78, 5) is 0. The van der Waals surface area contributed by atoms with Gasteiger partial charge in [-0.1, -0.05) is 36.8 Å². The molecule has 1 saturated carbocycles. The van der Waals surface area contributed by atoms with Crippen LogP contribution >= 0.6 is 12.4 Å². The van der Waals surface area contributed by atoms with E-state index < -0.39 is 6.10 Å². The second kappa shape index (κ2) is 6.65. The molecule has 1 aliphatic rings. The molecule has 2 aromatic rings. The maximum atomic E-state index is 10.4. The Labute approximate surface area is 131 Å². The van der Waals surface area contributed by atoms with Crippen LogP contribution in [0.15, 0.2) is 36.4 Å². The number of aliphatic hydroxyl groups excluding tert-OH is 1. The molecule has 0 unspecified atom stereocenters. The number of hydrogen-bond acceptors (Lipinski definition) is 3. The molecule has 3 N–H and O–H groups in total. The fourth-order valence-corrected chi connectivity index (χ4v) is 3.02. The first-order valence-corrected chi connectivity index (χ1v) is 7.21. The van der Waals surface area contributed by atoms with Gasteiger partial charge in [-0.15, -0.1) is 12.4 Å². The smallest absolute Gasteiger partial charge is 0.126 e. The van der Waals surface area contributed by atoms with Gasteiger partial charge in [-0.05, 0) is 35.8 Å². The minimum Gasteiger partial charge on any atom is -0.496 e. The van der Waals surface area contributed by atoms with Gasteiger partial charge in [-0.3, -0.25) is 0 Å². The molecule has 0 aromatic heterocycles. The number of fused-ring (bicyclic) bond motifs is 1. The zero-order chi connectivity index (χ0) is 14.1. The standard InChI is InChI=1S/C17H21NO2.ClH/c1-20-15-10-9-14(12-7-2-3-8-13(12)15)16(18)17(19)11-5-4-6-11;/h2-3,7-11,16-17,19H,4-6,18H2,1H3;1H/t16-,17+;/m1./s1. The monoisotopic (exact) mass is 307 g/mol. The Balaban J connectivity index is 0.00000161. The highest BCUT2D eigenvalue weighted by atomic mass is 35.5. The van der Waals surface area contributed by atoms with Crippen LogP contribution in [0.2, 0.25) is 0 Å². The molecule has 21 heavy (non-hydrogen) atoms. The molecule has 0 radical (unpaired) electrons. The number of benzene rings is 2. The molecule has 0 amide bonds. The van der Waals surface area contributed by atoms with Crippen LogP contribution in [0.5, 0.6) is 5.75 Å². The molecule has 1 fully saturated rings. The summed E-state index contributed by atoms with van der Waals surface area (Å²) >= 11 is 0. The molecular weight excluding hydrogens is 286 g/mol. The highest BCUT2D eigenvalue weighted by molar-refractivity contribution is 5.91. The number of hydrogen-bond donors (Lipinski definition) is 2. The zero-order valence-electron chi connectivity index (χ0n) is 12.2. The van der Waals surface area contributed by atoms with Crippen molar-refractivity contribution in [2.24, 2.45) is 11.7 Å². The van der Waals surface area contributed by atoms with Crippen molar-refractivity contribution < 1.29 is 9.84 Å². The molecule has 3 nitrogen and oxygen atoms in total. The lowest BCUT2D eigenvalue weighted by Gasteiger charge is -2.34. The summed E-state index contributed by atoms with van der Waals surface area (Å²) in [6.07, 6.45) is 2.92. The van der Waals surface area contributed by atoms with Gasteiger partial charge in [-0.2, -0.15) is 0 Å². The van der Waals surface area contributed by atoms with Gasteiger partial charge in [-0.25, -0.2) is 0 Å². The quantitative estimate of drug-likeness (QED) is 0.910. The van der Waals surface area contributed by atoms with Crippen molar-refractivity contribution in [3.63, 3.8) is 0 Å². The van der Waals surface area contributed by atoms with Gasteiger partial charge < -0.3 is 15.6 Å². The lowest BCUT2D eigenvalue weighted by Crippen LogP contribution is -2.36. The van der Waals surface area contributed by atoms with E-state index in [9.17, 15) is 5.11 Å².